The number of allylic oxidation sites excluding steroid dienone is 2. The summed E-state index contributed by atoms with van der Waals surface area (Å²) in [5, 5.41) is 13.2. The third kappa shape index (κ3) is 4.42. The summed E-state index contributed by atoms with van der Waals surface area (Å²) in [5.41, 5.74) is 3.97. The maximum absolute atomic E-state index is 12.4. The quantitative estimate of drug-likeness (QED) is 0.736. The first-order valence-electron chi connectivity index (χ1n) is 9.99. The molecule has 1 aliphatic carbocycles. The number of aliphatic hydroxyl groups is 1. The number of carbonyl (C=O) groups excluding carboxylic acids is 1. The minimum atomic E-state index is 0.00372. The maximum Gasteiger partial charge on any atom is 0.248 e. The summed E-state index contributed by atoms with van der Waals surface area (Å²) in [4.78, 5) is 14.2. The molecule has 1 amide bonds. The van der Waals surface area contributed by atoms with Gasteiger partial charge in [0.2, 0.25) is 5.91 Å². The summed E-state index contributed by atoms with van der Waals surface area (Å²) < 4.78 is 5.03. The summed E-state index contributed by atoms with van der Waals surface area (Å²) in [5.74, 6) is 0.210. The van der Waals surface area contributed by atoms with Gasteiger partial charge in [-0.3, -0.25) is 4.79 Å². The molecule has 1 fully saturated rings. The molecule has 0 unspecified atom stereocenters. The van der Waals surface area contributed by atoms with Gasteiger partial charge in [0, 0.05) is 37.7 Å². The fourth-order valence-electron chi connectivity index (χ4n) is 4.31. The van der Waals surface area contributed by atoms with Crippen molar-refractivity contribution in [3.8, 4) is 0 Å². The van der Waals surface area contributed by atoms with Gasteiger partial charge in [-0.25, -0.2) is 0 Å². The van der Waals surface area contributed by atoms with E-state index in [-0.39, 0.29) is 43.2 Å². The first kappa shape index (κ1) is 20.1. The Morgan fingerprint density at radius 2 is 2.04 bits per heavy atom. The van der Waals surface area contributed by atoms with Crippen molar-refractivity contribution in [2.24, 2.45) is 0 Å². The van der Waals surface area contributed by atoms with E-state index in [0.29, 0.717) is 6.54 Å². The minimum Gasteiger partial charge on any atom is -0.395 e. The zero-order valence-electron chi connectivity index (χ0n) is 16.6. The normalized spacial score (nSPS) is 24.6. The molecule has 27 heavy (non-hydrogen) atoms. The summed E-state index contributed by atoms with van der Waals surface area (Å²) in [6.07, 6.45) is 5.93. The summed E-state index contributed by atoms with van der Waals surface area (Å²) >= 11 is 0. The van der Waals surface area contributed by atoms with Crippen LogP contribution < -0.4 is 5.32 Å². The zero-order valence-corrected chi connectivity index (χ0v) is 16.6. The molecule has 1 saturated heterocycles. The van der Waals surface area contributed by atoms with Gasteiger partial charge < -0.3 is 20.1 Å². The lowest BCUT2D eigenvalue weighted by Crippen LogP contribution is -2.65. The molecule has 3 atom stereocenters. The van der Waals surface area contributed by atoms with Crippen LogP contribution in [0.5, 0.6) is 0 Å². The lowest BCUT2D eigenvalue weighted by atomic mass is 9.77. The summed E-state index contributed by atoms with van der Waals surface area (Å²) in [6.45, 7) is 4.86. The number of methoxy groups -OCH3 is 1. The van der Waals surface area contributed by atoms with Crippen molar-refractivity contribution in [1.82, 2.24) is 10.2 Å². The van der Waals surface area contributed by atoms with Crippen molar-refractivity contribution in [3.05, 3.63) is 41.5 Å². The molecule has 1 aromatic carbocycles. The standard InChI is InChI=1S/C22H32N2O3/c1-15(2)24(21(26)14-27-3)12-19-22(20(13-25)23-19)18-10-8-17(9-11-18)16-6-4-5-7-16/h6,8-11,15,19-20,22-23,25H,4-5,7,12-14H2,1-3H3/t19-,20-,22+/m1/s1. The van der Waals surface area contributed by atoms with Crippen molar-refractivity contribution in [3.63, 3.8) is 0 Å². The monoisotopic (exact) mass is 372 g/mol. The third-order valence-electron chi connectivity index (χ3n) is 5.80. The average molecular weight is 373 g/mol. The van der Waals surface area contributed by atoms with Crippen LogP contribution in [0.3, 0.4) is 0 Å². The summed E-state index contributed by atoms with van der Waals surface area (Å²) in [6, 6.07) is 9.07. The first-order chi connectivity index (χ1) is 13.0. The Bertz CT molecular complexity index is 669. The molecule has 0 saturated carbocycles. The van der Waals surface area contributed by atoms with Crippen molar-refractivity contribution in [2.45, 2.75) is 57.2 Å². The molecule has 5 heteroatoms. The molecule has 148 valence electrons. The smallest absolute Gasteiger partial charge is 0.248 e. The number of nitrogens with one attached hydrogen (secondary N) is 1. The maximum atomic E-state index is 12.4. The molecule has 1 heterocycles. The van der Waals surface area contributed by atoms with Crippen LogP contribution in [0.2, 0.25) is 0 Å². The van der Waals surface area contributed by atoms with E-state index >= 15 is 0 Å². The molecule has 2 aliphatic rings. The lowest BCUT2D eigenvalue weighted by Gasteiger charge is -2.48. The fourth-order valence-corrected chi connectivity index (χ4v) is 4.31. The van der Waals surface area contributed by atoms with E-state index in [1.807, 2.05) is 18.7 Å². The van der Waals surface area contributed by atoms with E-state index < -0.39 is 0 Å². The van der Waals surface area contributed by atoms with Gasteiger partial charge in [0.05, 0.1) is 6.61 Å². The SMILES string of the molecule is COCC(=O)N(C[C@H]1N[C@H](CO)[C@H]1c1ccc(C2=CCCC2)cc1)C(C)C. The van der Waals surface area contributed by atoms with Gasteiger partial charge in [-0.1, -0.05) is 30.3 Å². The molecule has 0 radical (unpaired) electrons. The number of hydrogen-bond acceptors (Lipinski definition) is 4. The number of benzene rings is 1. The third-order valence-corrected chi connectivity index (χ3v) is 5.80. The summed E-state index contributed by atoms with van der Waals surface area (Å²) in [7, 11) is 1.55. The highest BCUT2D eigenvalue weighted by molar-refractivity contribution is 5.77. The molecule has 3 rings (SSSR count). The number of amides is 1. The molecular weight excluding hydrogens is 340 g/mol. The Morgan fingerprint density at radius 1 is 1.30 bits per heavy atom. The molecular formula is C22H32N2O3. The Kier molecular flexibility index (Phi) is 6.68. The fraction of sp³-hybridized carbons (Fsp3) is 0.591. The topological polar surface area (TPSA) is 61.8 Å². The Morgan fingerprint density at radius 3 is 2.59 bits per heavy atom. The van der Waals surface area contributed by atoms with Gasteiger partial charge >= 0.3 is 0 Å². The molecule has 2 N–H and O–H groups in total. The van der Waals surface area contributed by atoms with Crippen LogP contribution in [0.4, 0.5) is 0 Å². The highest BCUT2D eigenvalue weighted by atomic mass is 16.5. The second-order valence-corrected chi connectivity index (χ2v) is 7.90. The van der Waals surface area contributed by atoms with Crippen LogP contribution in [0.15, 0.2) is 30.3 Å². The minimum absolute atomic E-state index is 0.00372. The molecule has 0 spiro atoms. The molecule has 1 aliphatic heterocycles. The highest BCUT2D eigenvalue weighted by Crippen LogP contribution is 2.35. The highest BCUT2D eigenvalue weighted by Gasteiger charge is 2.42. The Balaban J connectivity index is 1.72. The first-order valence-corrected chi connectivity index (χ1v) is 9.99. The second-order valence-electron chi connectivity index (χ2n) is 7.90. The molecule has 5 nitrogen and oxygen atoms in total. The van der Waals surface area contributed by atoms with E-state index in [1.54, 1.807) is 7.11 Å². The van der Waals surface area contributed by atoms with E-state index in [4.69, 9.17) is 4.74 Å². The second kappa shape index (κ2) is 9.00. The molecule has 0 bridgehead atoms. The van der Waals surface area contributed by atoms with Crippen LogP contribution in [0.25, 0.3) is 5.57 Å². The van der Waals surface area contributed by atoms with Gasteiger partial charge in [-0.05, 0) is 49.8 Å². The van der Waals surface area contributed by atoms with Crippen LogP contribution >= 0.6 is 0 Å². The van der Waals surface area contributed by atoms with Gasteiger partial charge in [-0.2, -0.15) is 0 Å². The van der Waals surface area contributed by atoms with Crippen LogP contribution in [-0.2, 0) is 9.53 Å². The van der Waals surface area contributed by atoms with Crippen LogP contribution in [0.1, 0.15) is 50.2 Å². The number of carbonyl (C=O) groups is 1. The van der Waals surface area contributed by atoms with E-state index in [0.717, 1.165) is 6.42 Å². The van der Waals surface area contributed by atoms with Crippen LogP contribution in [0, 0.1) is 0 Å². The van der Waals surface area contributed by atoms with E-state index in [2.05, 4.69) is 35.7 Å². The van der Waals surface area contributed by atoms with Crippen molar-refractivity contribution >= 4 is 11.5 Å². The molecule has 1 aromatic rings. The van der Waals surface area contributed by atoms with E-state index in [1.165, 1.54) is 29.5 Å². The zero-order chi connectivity index (χ0) is 19.4. The van der Waals surface area contributed by atoms with Gasteiger partial charge in [0.25, 0.3) is 0 Å². The average Bonchev–Trinajstić information content (AvgIpc) is 3.16. The van der Waals surface area contributed by atoms with Crippen LogP contribution in [-0.4, -0.2) is 60.9 Å². The number of rotatable bonds is 8. The van der Waals surface area contributed by atoms with Crippen molar-refractivity contribution in [2.75, 3.05) is 26.9 Å². The van der Waals surface area contributed by atoms with Crippen molar-refractivity contribution in [1.29, 1.82) is 0 Å². The lowest BCUT2D eigenvalue weighted by molar-refractivity contribution is -0.138. The Labute approximate surface area is 162 Å². The predicted molar refractivity (Wildman–Crippen MR) is 108 cm³/mol. The van der Waals surface area contributed by atoms with E-state index in [9.17, 15) is 9.90 Å². The van der Waals surface area contributed by atoms with Crippen molar-refractivity contribution < 1.29 is 14.6 Å². The number of aliphatic hydroxyl groups excluding tert-OH is 1. The largest absolute Gasteiger partial charge is 0.395 e. The number of ether oxygens (including phenoxy) is 1. The molecule has 0 aromatic heterocycles. The van der Waals surface area contributed by atoms with Gasteiger partial charge in [0.15, 0.2) is 0 Å². The number of hydrogen-bond donors (Lipinski definition) is 2. The predicted octanol–water partition coefficient (Wildman–Crippen LogP) is 2.55. The van der Waals surface area contributed by atoms with Gasteiger partial charge in [-0.15, -0.1) is 0 Å². The van der Waals surface area contributed by atoms with Gasteiger partial charge in [0.1, 0.15) is 6.61 Å². The number of nitrogens with zero attached hydrogens (tertiary/aromatic N) is 1. The Hall–Kier alpha value is -1.69.